The van der Waals surface area contributed by atoms with E-state index in [9.17, 15) is 25.6 Å². The SMILES string of the molecule is COc1ccc(NS(=O)(=O)c2ccc(NS(=O)(=O)c3ccc(F)cc3F)cc2)nn1. The highest BCUT2D eigenvalue weighted by atomic mass is 32.2. The van der Waals surface area contributed by atoms with Crippen LogP contribution in [0.3, 0.4) is 0 Å². The van der Waals surface area contributed by atoms with Gasteiger partial charge in [0, 0.05) is 17.8 Å². The van der Waals surface area contributed by atoms with Gasteiger partial charge in [-0.15, -0.1) is 10.2 Å². The number of ether oxygens (including phenoxy) is 1. The van der Waals surface area contributed by atoms with Gasteiger partial charge in [-0.05, 0) is 42.5 Å². The van der Waals surface area contributed by atoms with Crippen LogP contribution in [0.2, 0.25) is 0 Å². The zero-order chi connectivity index (χ0) is 21.9. The standard InChI is InChI=1S/C17H14F2N4O5S2/c1-28-17-9-8-16(20-21-17)23-29(24,25)13-5-3-12(4-6-13)22-30(26,27)15-7-2-11(18)10-14(15)19/h2-10,22H,1H3,(H,20,23). The lowest BCUT2D eigenvalue weighted by atomic mass is 10.3. The number of rotatable bonds is 7. The van der Waals surface area contributed by atoms with E-state index in [0.29, 0.717) is 6.07 Å². The van der Waals surface area contributed by atoms with Crippen LogP contribution in [-0.4, -0.2) is 34.1 Å². The Kier molecular flexibility index (Phi) is 5.85. The molecule has 0 spiro atoms. The topological polar surface area (TPSA) is 127 Å². The summed E-state index contributed by atoms with van der Waals surface area (Å²) in [6.07, 6.45) is 0. The lowest BCUT2D eigenvalue weighted by Gasteiger charge is -2.10. The molecule has 30 heavy (non-hydrogen) atoms. The number of methoxy groups -OCH3 is 1. The minimum Gasteiger partial charge on any atom is -0.480 e. The summed E-state index contributed by atoms with van der Waals surface area (Å²) in [7, 11) is -7.00. The van der Waals surface area contributed by atoms with Crippen molar-refractivity contribution in [2.45, 2.75) is 9.79 Å². The smallest absolute Gasteiger partial charge is 0.264 e. The minimum absolute atomic E-state index is 0.0260. The molecular formula is C17H14F2N4O5S2. The fourth-order valence-electron chi connectivity index (χ4n) is 2.29. The lowest BCUT2D eigenvalue weighted by Crippen LogP contribution is -2.16. The van der Waals surface area contributed by atoms with E-state index < -0.39 is 36.6 Å². The first-order valence-corrected chi connectivity index (χ1v) is 11.1. The lowest BCUT2D eigenvalue weighted by molar-refractivity contribution is 0.392. The Bertz CT molecular complexity index is 1270. The van der Waals surface area contributed by atoms with Crippen molar-refractivity contribution >= 4 is 31.6 Å². The van der Waals surface area contributed by atoms with Crippen LogP contribution in [0.5, 0.6) is 5.88 Å². The maximum Gasteiger partial charge on any atom is 0.264 e. The molecule has 0 aliphatic rings. The Morgan fingerprint density at radius 1 is 0.833 bits per heavy atom. The zero-order valence-corrected chi connectivity index (χ0v) is 16.8. The number of halogens is 2. The van der Waals surface area contributed by atoms with Gasteiger partial charge in [-0.2, -0.15) is 0 Å². The monoisotopic (exact) mass is 456 g/mol. The maximum absolute atomic E-state index is 13.8. The van der Waals surface area contributed by atoms with Crippen molar-refractivity contribution in [2.75, 3.05) is 16.6 Å². The average molecular weight is 456 g/mol. The largest absolute Gasteiger partial charge is 0.480 e. The van der Waals surface area contributed by atoms with Crippen LogP contribution in [0.25, 0.3) is 0 Å². The van der Waals surface area contributed by atoms with E-state index in [2.05, 4.69) is 19.6 Å². The van der Waals surface area contributed by atoms with Crippen molar-refractivity contribution in [1.82, 2.24) is 10.2 Å². The van der Waals surface area contributed by atoms with Crippen molar-refractivity contribution in [1.29, 1.82) is 0 Å². The summed E-state index contributed by atoms with van der Waals surface area (Å²) in [5, 5.41) is 7.30. The van der Waals surface area contributed by atoms with Crippen molar-refractivity contribution in [3.05, 3.63) is 66.2 Å². The first-order valence-electron chi connectivity index (χ1n) is 8.09. The van der Waals surface area contributed by atoms with E-state index in [-0.39, 0.29) is 22.3 Å². The number of nitrogens with one attached hydrogen (secondary N) is 2. The van der Waals surface area contributed by atoms with E-state index in [0.717, 1.165) is 24.3 Å². The fraction of sp³-hybridized carbons (Fsp3) is 0.0588. The molecule has 3 rings (SSSR count). The summed E-state index contributed by atoms with van der Waals surface area (Å²) in [6, 6.07) is 9.42. The molecule has 2 aromatic carbocycles. The van der Waals surface area contributed by atoms with Gasteiger partial charge >= 0.3 is 0 Å². The van der Waals surface area contributed by atoms with Crippen molar-refractivity contribution in [3.63, 3.8) is 0 Å². The molecule has 3 aromatic rings. The molecule has 0 radical (unpaired) electrons. The van der Waals surface area contributed by atoms with Gasteiger partial charge in [0.05, 0.1) is 12.0 Å². The van der Waals surface area contributed by atoms with E-state index in [1.165, 1.54) is 31.4 Å². The Hall–Kier alpha value is -3.32. The van der Waals surface area contributed by atoms with Crippen molar-refractivity contribution in [3.8, 4) is 5.88 Å². The third-order valence-corrected chi connectivity index (χ3v) is 6.47. The van der Waals surface area contributed by atoms with Gasteiger partial charge in [0.15, 0.2) is 5.82 Å². The van der Waals surface area contributed by atoms with Crippen LogP contribution in [0.15, 0.2) is 64.4 Å². The number of sulfonamides is 2. The van der Waals surface area contributed by atoms with E-state index in [1.54, 1.807) is 0 Å². The summed E-state index contributed by atoms with van der Waals surface area (Å²) in [4.78, 5) is -0.934. The molecule has 9 nitrogen and oxygen atoms in total. The van der Waals surface area contributed by atoms with Gasteiger partial charge in [0.1, 0.15) is 16.5 Å². The average Bonchev–Trinajstić information content (AvgIpc) is 2.68. The zero-order valence-electron chi connectivity index (χ0n) is 15.2. The second kappa shape index (κ2) is 8.20. The number of hydrogen-bond donors (Lipinski definition) is 2. The van der Waals surface area contributed by atoms with Crippen LogP contribution < -0.4 is 14.2 Å². The molecule has 0 saturated heterocycles. The van der Waals surface area contributed by atoms with Gasteiger partial charge in [0.2, 0.25) is 5.88 Å². The van der Waals surface area contributed by atoms with Crippen molar-refractivity contribution in [2.24, 2.45) is 0 Å². The Balaban J connectivity index is 1.78. The number of hydrogen-bond acceptors (Lipinski definition) is 7. The molecule has 1 heterocycles. The highest BCUT2D eigenvalue weighted by Crippen LogP contribution is 2.22. The first kappa shape index (κ1) is 21.4. The second-order valence-electron chi connectivity index (χ2n) is 5.77. The summed E-state index contributed by atoms with van der Waals surface area (Å²) >= 11 is 0. The van der Waals surface area contributed by atoms with Gasteiger partial charge in [-0.3, -0.25) is 9.44 Å². The fourth-order valence-corrected chi connectivity index (χ4v) is 4.40. The second-order valence-corrected chi connectivity index (χ2v) is 9.10. The van der Waals surface area contributed by atoms with Gasteiger partial charge in [-0.1, -0.05) is 0 Å². The van der Waals surface area contributed by atoms with Crippen LogP contribution in [0, 0.1) is 11.6 Å². The predicted octanol–water partition coefficient (Wildman–Crippen LogP) is 2.37. The molecule has 1 aromatic heterocycles. The Morgan fingerprint density at radius 3 is 2.10 bits per heavy atom. The van der Waals surface area contributed by atoms with Crippen LogP contribution in [0.1, 0.15) is 0 Å². The third kappa shape index (κ3) is 4.80. The van der Waals surface area contributed by atoms with Gasteiger partial charge in [0.25, 0.3) is 20.0 Å². The molecule has 0 amide bonds. The molecule has 158 valence electrons. The first-order chi connectivity index (χ1) is 14.1. The third-order valence-electron chi connectivity index (χ3n) is 3.69. The maximum atomic E-state index is 13.8. The van der Waals surface area contributed by atoms with E-state index >= 15 is 0 Å². The molecule has 2 N–H and O–H groups in total. The Labute approximate surface area is 170 Å². The van der Waals surface area contributed by atoms with Crippen LogP contribution >= 0.6 is 0 Å². The molecular weight excluding hydrogens is 442 g/mol. The van der Waals surface area contributed by atoms with Crippen molar-refractivity contribution < 1.29 is 30.4 Å². The van der Waals surface area contributed by atoms with Crippen LogP contribution in [-0.2, 0) is 20.0 Å². The molecule has 13 heteroatoms. The normalized spacial score (nSPS) is 11.7. The van der Waals surface area contributed by atoms with E-state index in [4.69, 9.17) is 4.74 Å². The minimum atomic E-state index is -4.35. The molecule has 0 aliphatic carbocycles. The molecule has 0 aliphatic heterocycles. The van der Waals surface area contributed by atoms with E-state index in [1.807, 2.05) is 0 Å². The highest BCUT2D eigenvalue weighted by Gasteiger charge is 2.21. The molecule has 0 unspecified atom stereocenters. The summed E-state index contributed by atoms with van der Waals surface area (Å²) < 4.78 is 85.3. The number of nitrogens with zero attached hydrogens (tertiary/aromatic N) is 2. The number of anilines is 2. The number of aromatic nitrogens is 2. The van der Waals surface area contributed by atoms with Gasteiger partial charge in [-0.25, -0.2) is 25.6 Å². The summed E-state index contributed by atoms with van der Waals surface area (Å²) in [5.74, 6) is -2.03. The quantitative estimate of drug-likeness (QED) is 0.559. The predicted molar refractivity (Wildman–Crippen MR) is 103 cm³/mol. The summed E-state index contributed by atoms with van der Waals surface area (Å²) in [5.41, 5.74) is -0.0260. The number of benzene rings is 2. The van der Waals surface area contributed by atoms with Crippen LogP contribution in [0.4, 0.5) is 20.3 Å². The molecule has 0 atom stereocenters. The molecule has 0 bridgehead atoms. The molecule has 0 saturated carbocycles. The highest BCUT2D eigenvalue weighted by molar-refractivity contribution is 7.93. The molecule has 0 fully saturated rings. The Morgan fingerprint density at radius 2 is 1.53 bits per heavy atom. The van der Waals surface area contributed by atoms with Gasteiger partial charge < -0.3 is 4.74 Å². The summed E-state index contributed by atoms with van der Waals surface area (Å²) in [6.45, 7) is 0.